The van der Waals surface area contributed by atoms with E-state index in [-0.39, 0.29) is 22.3 Å². The number of hydrogen-bond acceptors (Lipinski definition) is 8. The Morgan fingerprint density at radius 1 is 1.26 bits per heavy atom. The third-order valence-corrected chi connectivity index (χ3v) is 6.35. The molecule has 0 aliphatic heterocycles. The van der Waals surface area contributed by atoms with Crippen LogP contribution in [0, 0.1) is 16.7 Å². The van der Waals surface area contributed by atoms with Crippen LogP contribution < -0.4 is 15.5 Å². The lowest BCUT2D eigenvalue weighted by atomic mass is 9.96. The van der Waals surface area contributed by atoms with E-state index >= 15 is 0 Å². The van der Waals surface area contributed by atoms with Gasteiger partial charge in [0, 0.05) is 46.8 Å². The molecule has 9 nitrogen and oxygen atoms in total. The van der Waals surface area contributed by atoms with Crippen LogP contribution in [0.5, 0.6) is 0 Å². The fraction of sp³-hybridized carbons (Fsp3) is 0.393. The largest absolute Gasteiger partial charge is 0.383 e. The Morgan fingerprint density at radius 3 is 2.68 bits per heavy atom. The summed E-state index contributed by atoms with van der Waals surface area (Å²) in [5.74, 6) is 0.741. The number of halogens is 1. The maximum absolute atomic E-state index is 9.85. The minimum Gasteiger partial charge on any atom is -0.383 e. The molecule has 3 aromatic heterocycles. The first-order chi connectivity index (χ1) is 19.2. The van der Waals surface area contributed by atoms with Gasteiger partial charge in [0.25, 0.3) is 0 Å². The molecule has 0 amide bonds. The molecule has 0 bridgehead atoms. The average Bonchev–Trinajstić information content (AvgIpc) is 3.64. The van der Waals surface area contributed by atoms with Gasteiger partial charge in [-0.2, -0.15) is 5.26 Å². The average molecular weight is 533 g/mol. The van der Waals surface area contributed by atoms with Gasteiger partial charge in [0.1, 0.15) is 17.6 Å². The molecule has 5 rings (SSSR count). The predicted octanol–water partition coefficient (Wildman–Crippen LogP) is 5.81. The third-order valence-electron chi connectivity index (χ3n) is 6.06. The van der Waals surface area contributed by atoms with Crippen LogP contribution in [0.2, 0.25) is 5.02 Å². The third kappa shape index (κ3) is 5.50. The van der Waals surface area contributed by atoms with E-state index in [1.807, 2.05) is 31.1 Å². The monoisotopic (exact) mass is 532 g/mol. The highest BCUT2D eigenvalue weighted by Crippen LogP contribution is 2.37. The Balaban J connectivity index is 1.64. The van der Waals surface area contributed by atoms with Crippen LogP contribution in [0.3, 0.4) is 0 Å². The van der Waals surface area contributed by atoms with E-state index in [0.29, 0.717) is 27.8 Å². The van der Waals surface area contributed by atoms with Gasteiger partial charge >= 0.3 is 0 Å². The number of rotatable bonds is 8. The molecule has 1 aliphatic carbocycles. The number of pyridine rings is 2. The van der Waals surface area contributed by atoms with Gasteiger partial charge < -0.3 is 15.5 Å². The molecule has 38 heavy (non-hydrogen) atoms. The Bertz CT molecular complexity index is 1640. The second kappa shape index (κ2) is 10.1. The summed E-state index contributed by atoms with van der Waals surface area (Å²) in [6.07, 6.45) is 6.83. The van der Waals surface area contributed by atoms with E-state index in [4.69, 9.17) is 14.3 Å². The molecule has 1 fully saturated rings. The highest BCUT2D eigenvalue weighted by molar-refractivity contribution is 6.35. The van der Waals surface area contributed by atoms with Crippen LogP contribution >= 0.6 is 11.6 Å². The lowest BCUT2D eigenvalue weighted by Crippen LogP contribution is -2.20. The molecule has 4 aromatic rings. The van der Waals surface area contributed by atoms with Crippen LogP contribution in [-0.2, 0) is 0 Å². The van der Waals surface area contributed by atoms with Crippen molar-refractivity contribution in [1.29, 1.82) is 5.26 Å². The molecule has 1 aliphatic rings. The molecule has 10 heteroatoms. The summed E-state index contributed by atoms with van der Waals surface area (Å²) in [7, 11) is 3.79. The predicted molar refractivity (Wildman–Crippen MR) is 152 cm³/mol. The maximum Gasteiger partial charge on any atom is 0.127 e. The van der Waals surface area contributed by atoms with Gasteiger partial charge in [0.2, 0.25) is 0 Å². The standard InChI is InChI=1S/C28H32ClN9/c1-28(2,3)16-33-25-18(12-30)14-32-27-21(25)10-19(11-22(27)29)34-26(17-6-9-24(31-13-17)37(4)5)23-15-38(36-35-23)20-7-8-20/h6,9-11,13-15,20,26,34H,7-8,16H2,1-5H3,(H,32,33)/t26-/m0/s1/i16D2,26D. The molecule has 3 heterocycles. The molecule has 0 spiro atoms. The summed E-state index contributed by atoms with van der Waals surface area (Å²) in [5, 5.41) is 25.4. The summed E-state index contributed by atoms with van der Waals surface area (Å²) in [5.41, 5.74) is 1.42. The van der Waals surface area contributed by atoms with Crippen LogP contribution in [0.25, 0.3) is 10.9 Å². The molecule has 1 saturated carbocycles. The van der Waals surface area contributed by atoms with E-state index in [1.54, 1.807) is 50.0 Å². The molecule has 196 valence electrons. The van der Waals surface area contributed by atoms with Crippen molar-refractivity contribution in [2.45, 2.75) is 45.7 Å². The van der Waals surface area contributed by atoms with Crippen LogP contribution in [0.4, 0.5) is 17.2 Å². The number of anilines is 3. The summed E-state index contributed by atoms with van der Waals surface area (Å²) in [6, 6.07) is 7.81. The van der Waals surface area contributed by atoms with Crippen molar-refractivity contribution in [2.75, 3.05) is 36.1 Å². The summed E-state index contributed by atoms with van der Waals surface area (Å²) >= 11 is 6.70. The van der Waals surface area contributed by atoms with Crippen LogP contribution in [0.15, 0.2) is 42.9 Å². The van der Waals surface area contributed by atoms with E-state index in [9.17, 15) is 6.63 Å². The zero-order valence-corrected chi connectivity index (χ0v) is 22.8. The van der Waals surface area contributed by atoms with Crippen molar-refractivity contribution in [3.63, 3.8) is 0 Å². The Labute approximate surface area is 232 Å². The van der Waals surface area contributed by atoms with Gasteiger partial charge in [0.15, 0.2) is 0 Å². The summed E-state index contributed by atoms with van der Waals surface area (Å²) in [6.45, 7) is 3.44. The molecule has 0 radical (unpaired) electrons. The number of fused-ring (bicyclic) bond motifs is 1. The zero-order chi connectivity index (χ0) is 29.7. The normalized spacial score (nSPS) is 16.6. The Morgan fingerprint density at radius 2 is 2.05 bits per heavy atom. The van der Waals surface area contributed by atoms with Crippen molar-refractivity contribution in [3.8, 4) is 6.07 Å². The van der Waals surface area contributed by atoms with E-state index in [2.05, 4.69) is 37.0 Å². The summed E-state index contributed by atoms with van der Waals surface area (Å²) < 4.78 is 28.7. The van der Waals surface area contributed by atoms with Crippen LogP contribution in [-0.4, -0.2) is 45.6 Å². The number of hydrogen-bond donors (Lipinski definition) is 2. The number of nitrogens with one attached hydrogen (secondary N) is 2. The van der Waals surface area contributed by atoms with E-state index in [0.717, 1.165) is 18.7 Å². The van der Waals surface area contributed by atoms with Crippen molar-refractivity contribution in [1.82, 2.24) is 25.0 Å². The minimum absolute atomic E-state index is 0.173. The van der Waals surface area contributed by atoms with Gasteiger partial charge in [-0.1, -0.05) is 43.7 Å². The second-order valence-corrected chi connectivity index (χ2v) is 11.0. The lowest BCUT2D eigenvalue weighted by molar-refractivity contribution is 0.443. The fourth-order valence-electron chi connectivity index (χ4n) is 3.94. The zero-order valence-electron chi connectivity index (χ0n) is 25.0. The number of aromatic nitrogens is 5. The number of benzene rings is 1. The van der Waals surface area contributed by atoms with Gasteiger partial charge in [-0.05, 0) is 42.0 Å². The van der Waals surface area contributed by atoms with Gasteiger partial charge in [-0.3, -0.25) is 4.98 Å². The first kappa shape index (κ1) is 22.1. The Hall–Kier alpha value is -3.90. The van der Waals surface area contributed by atoms with E-state index in [1.165, 1.54) is 6.20 Å². The fourth-order valence-corrected chi connectivity index (χ4v) is 4.21. The van der Waals surface area contributed by atoms with Gasteiger partial charge in [-0.25, -0.2) is 9.67 Å². The van der Waals surface area contributed by atoms with Crippen LogP contribution in [0.1, 0.15) is 66.6 Å². The topological polar surface area (TPSA) is 108 Å². The first-order valence-electron chi connectivity index (χ1n) is 13.9. The minimum atomic E-state index is -1.87. The van der Waals surface area contributed by atoms with E-state index < -0.39 is 17.9 Å². The lowest BCUT2D eigenvalue weighted by Gasteiger charge is -2.22. The quantitative estimate of drug-likeness (QED) is 0.293. The smallest absolute Gasteiger partial charge is 0.127 e. The molecular weight excluding hydrogens is 498 g/mol. The maximum atomic E-state index is 9.85. The molecule has 1 atom stereocenters. The van der Waals surface area contributed by atoms with Gasteiger partial charge in [0.05, 0.1) is 41.4 Å². The first-order valence-corrected chi connectivity index (χ1v) is 12.8. The number of nitriles is 1. The number of nitrogens with zero attached hydrogens (tertiary/aromatic N) is 7. The summed E-state index contributed by atoms with van der Waals surface area (Å²) in [4.78, 5) is 10.8. The Kier molecular flexibility index (Phi) is 5.88. The van der Waals surface area contributed by atoms with Crippen molar-refractivity contribution < 1.29 is 4.11 Å². The van der Waals surface area contributed by atoms with Crippen molar-refractivity contribution >= 4 is 39.7 Å². The molecular formula is C28H32ClN9. The van der Waals surface area contributed by atoms with Gasteiger partial charge in [-0.15, -0.1) is 5.10 Å². The highest BCUT2D eigenvalue weighted by Gasteiger charge is 2.27. The molecule has 2 N–H and O–H groups in total. The molecule has 1 aromatic carbocycles. The molecule has 0 unspecified atom stereocenters. The second-order valence-electron chi connectivity index (χ2n) is 10.6. The van der Waals surface area contributed by atoms with Crippen molar-refractivity contribution in [3.05, 3.63) is 64.7 Å². The van der Waals surface area contributed by atoms with Crippen molar-refractivity contribution in [2.24, 2.45) is 5.41 Å². The molecule has 0 saturated heterocycles. The SMILES string of the molecule is [2H]C([2H])(Nc1c(C#N)cnc2c(Cl)cc(N[C@@]([2H])(c3ccc(N(C)C)nc3)c3cn(C4CC4)nn3)cc12)C(C)(C)C. The highest BCUT2D eigenvalue weighted by atomic mass is 35.5.